The van der Waals surface area contributed by atoms with Crippen LogP contribution in [0.25, 0.3) is 11.3 Å². The Morgan fingerprint density at radius 2 is 1.74 bits per heavy atom. The minimum atomic E-state index is -0.394. The summed E-state index contributed by atoms with van der Waals surface area (Å²) in [7, 11) is 0. The highest BCUT2D eigenvalue weighted by molar-refractivity contribution is 5.96. The molecule has 3 aromatic rings. The van der Waals surface area contributed by atoms with E-state index in [0.717, 1.165) is 30.0 Å². The zero-order valence-corrected chi connectivity index (χ0v) is 19.6. The van der Waals surface area contributed by atoms with Crippen LogP contribution in [0.4, 0.5) is 0 Å². The maximum atomic E-state index is 12.2. The summed E-state index contributed by atoms with van der Waals surface area (Å²) in [5, 5.41) is 0. The van der Waals surface area contributed by atoms with E-state index in [0.29, 0.717) is 12.1 Å². The van der Waals surface area contributed by atoms with Gasteiger partial charge >= 0.3 is 0 Å². The second kappa shape index (κ2) is 7.44. The minimum absolute atomic E-state index is 0.117. The topological polar surface area (TPSA) is 61.2 Å². The van der Waals surface area contributed by atoms with Gasteiger partial charge in [0.25, 0.3) is 5.91 Å². The Balaban J connectivity index is 1.98. The summed E-state index contributed by atoms with van der Waals surface area (Å²) in [6, 6.07) is 10.6. The van der Waals surface area contributed by atoms with E-state index in [1.54, 1.807) is 6.26 Å². The lowest BCUT2D eigenvalue weighted by molar-refractivity contribution is 0.0999. The van der Waals surface area contributed by atoms with Gasteiger partial charge in [0, 0.05) is 17.0 Å². The quantitative estimate of drug-likeness (QED) is 0.543. The fraction of sp³-hybridized carbons (Fsp3) is 0.444. The second-order valence-corrected chi connectivity index (χ2v) is 10.2. The van der Waals surface area contributed by atoms with Gasteiger partial charge in [-0.25, -0.2) is 0 Å². The van der Waals surface area contributed by atoms with Crippen LogP contribution in [0.2, 0.25) is 0 Å². The van der Waals surface area contributed by atoms with Gasteiger partial charge in [-0.1, -0.05) is 40.7 Å². The minimum Gasteiger partial charge on any atom is -0.467 e. The van der Waals surface area contributed by atoms with Gasteiger partial charge in [-0.05, 0) is 78.0 Å². The number of aromatic nitrogens is 1. The van der Waals surface area contributed by atoms with Crippen LogP contribution in [0, 0.1) is 6.92 Å². The fourth-order valence-corrected chi connectivity index (χ4v) is 5.07. The first-order valence-corrected chi connectivity index (χ1v) is 11.3. The van der Waals surface area contributed by atoms with Gasteiger partial charge in [-0.2, -0.15) is 0 Å². The normalized spacial score (nSPS) is 16.8. The van der Waals surface area contributed by atoms with Gasteiger partial charge in [-0.3, -0.25) is 4.79 Å². The van der Waals surface area contributed by atoms with E-state index in [2.05, 4.69) is 51.3 Å². The molecular weight excluding hydrogens is 384 g/mol. The van der Waals surface area contributed by atoms with Crippen LogP contribution in [0.15, 0.2) is 41.0 Å². The molecule has 0 fully saturated rings. The van der Waals surface area contributed by atoms with E-state index in [9.17, 15) is 4.79 Å². The van der Waals surface area contributed by atoms with Crippen LogP contribution in [0.3, 0.4) is 0 Å². The maximum Gasteiger partial charge on any atom is 0.250 e. The predicted molar refractivity (Wildman–Crippen MR) is 126 cm³/mol. The van der Waals surface area contributed by atoms with Gasteiger partial charge < -0.3 is 14.7 Å². The molecule has 0 saturated heterocycles. The highest BCUT2D eigenvalue weighted by Crippen LogP contribution is 2.48. The van der Waals surface area contributed by atoms with E-state index in [-0.39, 0.29) is 10.8 Å². The first-order valence-electron chi connectivity index (χ1n) is 11.3. The molecule has 1 amide bonds. The highest BCUT2D eigenvalue weighted by Gasteiger charge is 2.38. The lowest BCUT2D eigenvalue weighted by Crippen LogP contribution is -2.34. The largest absolute Gasteiger partial charge is 0.467 e. The standard InChI is InChI=1S/C27H34N2O2/c1-7-18-13-22-23(27(5,6)11-10-26(22,3)4)14-21(18)24-15-20(25(28)30)17(2)29(24)16-19-9-8-12-31-19/h8-9,12-15H,7,10-11,16H2,1-6H3,(H2,28,30). The number of nitrogens with zero attached hydrogens (tertiary/aromatic N) is 1. The van der Waals surface area contributed by atoms with Crippen molar-refractivity contribution in [3.05, 3.63) is 70.3 Å². The summed E-state index contributed by atoms with van der Waals surface area (Å²) in [6.45, 7) is 14.1. The van der Waals surface area contributed by atoms with E-state index >= 15 is 0 Å². The predicted octanol–water partition coefficient (Wildman–Crippen LogP) is 6.12. The van der Waals surface area contributed by atoms with Gasteiger partial charge in [0.15, 0.2) is 0 Å². The Morgan fingerprint density at radius 3 is 2.29 bits per heavy atom. The molecule has 4 heteroatoms. The van der Waals surface area contributed by atoms with Crippen LogP contribution < -0.4 is 5.73 Å². The molecule has 31 heavy (non-hydrogen) atoms. The molecule has 1 aliphatic rings. The number of carbonyl (C=O) groups excluding carboxylic acids is 1. The van der Waals surface area contributed by atoms with Crippen LogP contribution in [0.1, 0.15) is 86.0 Å². The van der Waals surface area contributed by atoms with E-state index in [4.69, 9.17) is 10.2 Å². The SMILES string of the molecule is CCc1cc2c(cc1-c1cc(C(N)=O)c(C)n1Cc1ccco1)C(C)(C)CCC2(C)C. The number of furan rings is 1. The van der Waals surface area contributed by atoms with Crippen molar-refractivity contribution < 1.29 is 9.21 Å². The van der Waals surface area contributed by atoms with Crippen molar-refractivity contribution in [3.63, 3.8) is 0 Å². The fourth-order valence-electron chi connectivity index (χ4n) is 5.07. The molecule has 0 radical (unpaired) electrons. The number of hydrogen-bond acceptors (Lipinski definition) is 2. The third-order valence-corrected chi connectivity index (χ3v) is 7.26. The van der Waals surface area contributed by atoms with Gasteiger partial charge in [0.1, 0.15) is 5.76 Å². The Morgan fingerprint density at radius 1 is 1.10 bits per heavy atom. The Kier molecular flexibility index (Phi) is 5.15. The van der Waals surface area contributed by atoms with E-state index in [1.165, 1.54) is 28.7 Å². The summed E-state index contributed by atoms with van der Waals surface area (Å²) >= 11 is 0. The van der Waals surface area contributed by atoms with Gasteiger partial charge in [0.2, 0.25) is 0 Å². The lowest BCUT2D eigenvalue weighted by Gasteiger charge is -2.42. The molecule has 2 N–H and O–H groups in total. The van der Waals surface area contributed by atoms with Crippen LogP contribution in [-0.4, -0.2) is 10.5 Å². The molecule has 164 valence electrons. The average Bonchev–Trinajstić information content (AvgIpc) is 3.33. The molecule has 2 heterocycles. The van der Waals surface area contributed by atoms with Crippen molar-refractivity contribution in [1.82, 2.24) is 4.57 Å². The Hall–Kier alpha value is -2.75. The number of primary amides is 1. The molecule has 0 atom stereocenters. The average molecular weight is 419 g/mol. The Bertz CT molecular complexity index is 1130. The smallest absolute Gasteiger partial charge is 0.250 e. The summed E-state index contributed by atoms with van der Waals surface area (Å²) in [6.07, 6.45) is 4.96. The number of nitrogens with two attached hydrogens (primary N) is 1. The third-order valence-electron chi connectivity index (χ3n) is 7.26. The van der Waals surface area contributed by atoms with Crippen molar-refractivity contribution in [2.24, 2.45) is 5.73 Å². The maximum absolute atomic E-state index is 12.2. The molecule has 4 nitrogen and oxygen atoms in total. The number of carbonyl (C=O) groups is 1. The summed E-state index contributed by atoms with van der Waals surface area (Å²) in [5.74, 6) is 0.461. The molecule has 4 rings (SSSR count). The van der Waals surface area contributed by atoms with Crippen LogP contribution in [0.5, 0.6) is 0 Å². The Labute approximate surface area is 185 Å². The highest BCUT2D eigenvalue weighted by atomic mass is 16.3. The number of aryl methyl sites for hydroxylation is 1. The number of hydrogen-bond donors (Lipinski definition) is 1. The summed E-state index contributed by atoms with van der Waals surface area (Å²) < 4.78 is 7.79. The molecule has 1 aliphatic carbocycles. The van der Waals surface area contributed by atoms with E-state index in [1.807, 2.05) is 25.1 Å². The van der Waals surface area contributed by atoms with Crippen LogP contribution in [-0.2, 0) is 23.8 Å². The van der Waals surface area contributed by atoms with Crippen molar-refractivity contribution >= 4 is 5.91 Å². The van der Waals surface area contributed by atoms with Crippen molar-refractivity contribution in [2.45, 2.75) is 78.2 Å². The molecule has 0 unspecified atom stereocenters. The van der Waals surface area contributed by atoms with Gasteiger partial charge in [-0.15, -0.1) is 0 Å². The lowest BCUT2D eigenvalue weighted by atomic mass is 9.62. The summed E-state index contributed by atoms with van der Waals surface area (Å²) in [4.78, 5) is 12.2. The zero-order valence-electron chi connectivity index (χ0n) is 19.6. The third kappa shape index (κ3) is 3.62. The van der Waals surface area contributed by atoms with Gasteiger partial charge in [0.05, 0.1) is 18.4 Å². The first-order chi connectivity index (χ1) is 14.5. The number of amides is 1. The molecule has 0 bridgehead atoms. The van der Waals surface area contributed by atoms with Crippen molar-refractivity contribution in [2.75, 3.05) is 0 Å². The molecule has 0 aliphatic heterocycles. The van der Waals surface area contributed by atoms with Crippen molar-refractivity contribution in [3.8, 4) is 11.3 Å². The van der Waals surface area contributed by atoms with E-state index < -0.39 is 5.91 Å². The van der Waals surface area contributed by atoms with Crippen LogP contribution >= 0.6 is 0 Å². The van der Waals surface area contributed by atoms with Crippen molar-refractivity contribution in [1.29, 1.82) is 0 Å². The first kappa shape index (κ1) is 21.5. The summed E-state index contributed by atoms with van der Waals surface area (Å²) in [5.41, 5.74) is 13.9. The molecule has 0 saturated carbocycles. The molecule has 1 aromatic carbocycles. The molecule has 2 aromatic heterocycles. The monoisotopic (exact) mass is 418 g/mol. The molecular formula is C27H34N2O2. The number of benzene rings is 1. The number of fused-ring (bicyclic) bond motifs is 1. The second-order valence-electron chi connectivity index (χ2n) is 10.2. The molecule has 0 spiro atoms. The number of rotatable bonds is 5. The zero-order chi connectivity index (χ0) is 22.6.